The highest BCUT2D eigenvalue weighted by Crippen LogP contribution is 2.34. The molecular weight excluding hydrogens is 191 g/mol. The van der Waals surface area contributed by atoms with Crippen molar-refractivity contribution in [3.05, 3.63) is 0 Å². The summed E-state index contributed by atoms with van der Waals surface area (Å²) in [6.45, 7) is -0.377. The lowest BCUT2D eigenvalue weighted by Crippen LogP contribution is -2.36. The number of carbonyl (C=O) groups is 2. The molecule has 0 aromatic rings. The predicted octanol–water partition coefficient (Wildman–Crippen LogP) is 1.08. The van der Waals surface area contributed by atoms with E-state index in [2.05, 4.69) is 0 Å². The summed E-state index contributed by atoms with van der Waals surface area (Å²) >= 11 is 0. The van der Waals surface area contributed by atoms with E-state index in [1.807, 2.05) is 0 Å². The normalized spacial score (nSPS) is 23.8. The zero-order chi connectivity index (χ0) is 10.2. The molecule has 0 spiro atoms. The molecule has 1 unspecified atom stereocenters. The summed E-state index contributed by atoms with van der Waals surface area (Å²) < 4.78 is 36.0. The quantitative estimate of drug-likeness (QED) is 0.632. The second kappa shape index (κ2) is 2.90. The minimum absolute atomic E-state index is 0.193. The molecule has 0 aliphatic carbocycles. The molecule has 1 saturated heterocycles. The number of alkyl halides is 3. The van der Waals surface area contributed by atoms with E-state index in [0.717, 1.165) is 0 Å². The number of likely N-dealkylation sites (tertiary alicyclic amines) is 1. The van der Waals surface area contributed by atoms with Crippen LogP contribution in [0.1, 0.15) is 6.42 Å². The Kier molecular flexibility index (Phi) is 2.19. The molecule has 13 heavy (non-hydrogen) atoms. The molecule has 7 heteroatoms. The third-order valence-corrected chi connectivity index (χ3v) is 1.83. The minimum Gasteiger partial charge on any atom is -0.465 e. The third-order valence-electron chi connectivity index (χ3n) is 1.83. The second-order valence-electron chi connectivity index (χ2n) is 2.66. The second-order valence-corrected chi connectivity index (χ2v) is 2.66. The van der Waals surface area contributed by atoms with Crippen LogP contribution in [-0.2, 0) is 4.79 Å². The van der Waals surface area contributed by atoms with Gasteiger partial charge in [0.2, 0.25) is 5.91 Å². The fourth-order valence-corrected chi connectivity index (χ4v) is 1.17. The summed E-state index contributed by atoms with van der Waals surface area (Å²) in [5.74, 6) is -3.52. The van der Waals surface area contributed by atoms with Gasteiger partial charge in [-0.05, 0) is 6.42 Å². The molecule has 1 heterocycles. The number of halogens is 3. The highest BCUT2D eigenvalue weighted by Gasteiger charge is 2.51. The monoisotopic (exact) mass is 197 g/mol. The van der Waals surface area contributed by atoms with E-state index in [0.29, 0.717) is 0 Å². The SMILES string of the molecule is O=C(O)N1CCC(C(F)(F)F)C1=O. The Morgan fingerprint density at radius 2 is 2.08 bits per heavy atom. The summed E-state index contributed by atoms with van der Waals surface area (Å²) in [5, 5.41) is 8.30. The fraction of sp³-hybridized carbons (Fsp3) is 0.667. The molecule has 1 N–H and O–H groups in total. The third kappa shape index (κ3) is 1.73. The average molecular weight is 197 g/mol. The van der Waals surface area contributed by atoms with Crippen molar-refractivity contribution in [2.75, 3.05) is 6.54 Å². The average Bonchev–Trinajstić information content (AvgIpc) is 2.28. The van der Waals surface area contributed by atoms with Gasteiger partial charge in [0, 0.05) is 6.54 Å². The van der Waals surface area contributed by atoms with Crippen molar-refractivity contribution in [1.29, 1.82) is 0 Å². The van der Waals surface area contributed by atoms with E-state index in [4.69, 9.17) is 5.11 Å². The molecule has 2 amide bonds. The summed E-state index contributed by atoms with van der Waals surface area (Å²) in [6, 6.07) is 0. The van der Waals surface area contributed by atoms with Gasteiger partial charge in [0.25, 0.3) is 0 Å². The summed E-state index contributed by atoms with van der Waals surface area (Å²) in [4.78, 5) is 21.2. The van der Waals surface area contributed by atoms with Crippen LogP contribution in [0.4, 0.5) is 18.0 Å². The summed E-state index contributed by atoms with van der Waals surface area (Å²) in [7, 11) is 0. The smallest absolute Gasteiger partial charge is 0.414 e. The van der Waals surface area contributed by atoms with E-state index in [-0.39, 0.29) is 11.4 Å². The maximum Gasteiger partial charge on any atom is 0.414 e. The molecule has 0 aromatic carbocycles. The van der Waals surface area contributed by atoms with E-state index in [1.54, 1.807) is 0 Å². The van der Waals surface area contributed by atoms with Gasteiger partial charge in [-0.3, -0.25) is 4.79 Å². The van der Waals surface area contributed by atoms with Gasteiger partial charge in [-0.1, -0.05) is 0 Å². The number of amides is 2. The first-order valence-corrected chi connectivity index (χ1v) is 3.45. The van der Waals surface area contributed by atoms with Crippen LogP contribution in [0.15, 0.2) is 0 Å². The Labute approximate surface area is 70.9 Å². The van der Waals surface area contributed by atoms with Crippen LogP contribution in [0.2, 0.25) is 0 Å². The van der Waals surface area contributed by atoms with Gasteiger partial charge in [0.15, 0.2) is 0 Å². The van der Waals surface area contributed by atoms with Crippen molar-refractivity contribution >= 4 is 12.0 Å². The first kappa shape index (κ1) is 9.82. The first-order chi connectivity index (χ1) is 5.84. The molecule has 74 valence electrons. The Hall–Kier alpha value is -1.27. The predicted molar refractivity (Wildman–Crippen MR) is 33.9 cm³/mol. The van der Waals surface area contributed by atoms with Crippen LogP contribution < -0.4 is 0 Å². The van der Waals surface area contributed by atoms with Crippen molar-refractivity contribution in [1.82, 2.24) is 4.90 Å². The van der Waals surface area contributed by atoms with Gasteiger partial charge in [-0.2, -0.15) is 13.2 Å². The van der Waals surface area contributed by atoms with Crippen molar-refractivity contribution in [3.8, 4) is 0 Å². The molecule has 1 fully saturated rings. The highest BCUT2D eigenvalue weighted by atomic mass is 19.4. The van der Waals surface area contributed by atoms with Crippen molar-refractivity contribution < 1.29 is 27.9 Å². The van der Waals surface area contributed by atoms with Gasteiger partial charge < -0.3 is 5.11 Å². The largest absolute Gasteiger partial charge is 0.465 e. The van der Waals surface area contributed by atoms with Gasteiger partial charge >= 0.3 is 12.3 Å². The van der Waals surface area contributed by atoms with Gasteiger partial charge in [-0.15, -0.1) is 0 Å². The zero-order valence-corrected chi connectivity index (χ0v) is 6.34. The van der Waals surface area contributed by atoms with Crippen LogP contribution in [-0.4, -0.2) is 34.7 Å². The number of carboxylic acid groups (broad SMARTS) is 1. The van der Waals surface area contributed by atoms with E-state index in [1.165, 1.54) is 0 Å². The number of rotatable bonds is 0. The maximum atomic E-state index is 12.0. The molecular formula is C6H6F3NO3. The van der Waals surface area contributed by atoms with Crippen LogP contribution in [0, 0.1) is 5.92 Å². The van der Waals surface area contributed by atoms with Crippen molar-refractivity contribution in [3.63, 3.8) is 0 Å². The van der Waals surface area contributed by atoms with Crippen LogP contribution >= 0.6 is 0 Å². The standard InChI is InChI=1S/C6H6F3NO3/c7-6(8,9)3-1-2-10(4(3)11)5(12)13/h3H,1-2H2,(H,12,13). The zero-order valence-electron chi connectivity index (χ0n) is 6.34. The Balaban J connectivity index is 2.77. The van der Waals surface area contributed by atoms with Gasteiger partial charge in [0.05, 0.1) is 0 Å². The molecule has 1 rings (SSSR count). The summed E-state index contributed by atoms with van der Waals surface area (Å²) in [6.07, 6.45) is -6.74. The first-order valence-electron chi connectivity index (χ1n) is 3.45. The topological polar surface area (TPSA) is 57.6 Å². The molecule has 1 aliphatic rings. The van der Waals surface area contributed by atoms with Gasteiger partial charge in [-0.25, -0.2) is 9.69 Å². The number of hydrogen-bond donors (Lipinski definition) is 1. The Morgan fingerprint density at radius 3 is 2.31 bits per heavy atom. The molecule has 0 saturated carbocycles. The fourth-order valence-electron chi connectivity index (χ4n) is 1.17. The van der Waals surface area contributed by atoms with E-state index < -0.39 is 30.5 Å². The lowest BCUT2D eigenvalue weighted by atomic mass is 10.1. The minimum atomic E-state index is -4.64. The van der Waals surface area contributed by atoms with E-state index >= 15 is 0 Å². The molecule has 1 aliphatic heterocycles. The maximum absolute atomic E-state index is 12.0. The summed E-state index contributed by atoms with van der Waals surface area (Å²) in [5.41, 5.74) is 0. The number of nitrogens with zero attached hydrogens (tertiary/aromatic N) is 1. The highest BCUT2D eigenvalue weighted by molar-refractivity contribution is 5.94. The number of imide groups is 1. The van der Waals surface area contributed by atoms with E-state index in [9.17, 15) is 22.8 Å². The molecule has 0 bridgehead atoms. The van der Waals surface area contributed by atoms with Crippen LogP contribution in [0.5, 0.6) is 0 Å². The van der Waals surface area contributed by atoms with Crippen LogP contribution in [0.25, 0.3) is 0 Å². The molecule has 0 aromatic heterocycles. The van der Waals surface area contributed by atoms with Gasteiger partial charge in [0.1, 0.15) is 5.92 Å². The Morgan fingerprint density at radius 1 is 1.54 bits per heavy atom. The lowest BCUT2D eigenvalue weighted by molar-refractivity contribution is -0.180. The number of hydrogen-bond acceptors (Lipinski definition) is 2. The number of carbonyl (C=O) groups excluding carboxylic acids is 1. The van der Waals surface area contributed by atoms with Crippen LogP contribution in [0.3, 0.4) is 0 Å². The molecule has 4 nitrogen and oxygen atoms in total. The Bertz CT molecular complexity index is 250. The molecule has 0 radical (unpaired) electrons. The lowest BCUT2D eigenvalue weighted by Gasteiger charge is -2.13. The molecule has 1 atom stereocenters. The van der Waals surface area contributed by atoms with Crippen molar-refractivity contribution in [2.24, 2.45) is 5.92 Å². The van der Waals surface area contributed by atoms with Crippen molar-refractivity contribution in [2.45, 2.75) is 12.6 Å².